The molecule has 102 valence electrons. The molecular formula is C10H16B4N2O4. The third-order valence-electron chi connectivity index (χ3n) is 3.16. The van der Waals surface area contributed by atoms with E-state index in [2.05, 4.69) is 10.6 Å². The van der Waals surface area contributed by atoms with E-state index in [4.69, 9.17) is 24.9 Å². The number of carbonyl (C=O) groups excluding carboxylic acids is 2. The Kier molecular flexibility index (Phi) is 8.53. The van der Waals surface area contributed by atoms with Gasteiger partial charge in [-0.15, -0.1) is 0 Å². The summed E-state index contributed by atoms with van der Waals surface area (Å²) < 4.78 is 9.67. The third-order valence-corrected chi connectivity index (χ3v) is 3.16. The number of ether oxygens (including phenoxy) is 2. The minimum atomic E-state index is -0.565. The number of hydrogen-bond acceptors (Lipinski definition) is 6. The van der Waals surface area contributed by atoms with Crippen molar-refractivity contribution in [2.75, 3.05) is 13.5 Å². The summed E-state index contributed by atoms with van der Waals surface area (Å²) in [6.07, 6.45) is 4.11. The van der Waals surface area contributed by atoms with Crippen LogP contribution < -0.4 is 10.6 Å². The second-order valence-electron chi connectivity index (χ2n) is 4.45. The van der Waals surface area contributed by atoms with Crippen LogP contribution in [0.5, 0.6) is 0 Å². The molecule has 0 spiro atoms. The Bertz CT molecular complexity index is 292. The minimum Gasteiger partial charge on any atom is -0.459 e. The lowest BCUT2D eigenvalue weighted by molar-refractivity contribution is 0.127. The van der Waals surface area contributed by atoms with Crippen LogP contribution in [0.1, 0.15) is 25.7 Å². The molecule has 2 atom stereocenters. The summed E-state index contributed by atoms with van der Waals surface area (Å²) in [7, 11) is 11.8. The van der Waals surface area contributed by atoms with E-state index in [0.717, 1.165) is 40.0 Å². The van der Waals surface area contributed by atoms with Crippen LogP contribution in [0, 0.1) is 0 Å². The second kappa shape index (κ2) is 9.94. The molecule has 0 aromatic rings. The largest absolute Gasteiger partial charge is 0.459 e. The standard InChI is InChI=1S/C10H16B4N2O4/c11-13-9(17)19-5-15-7-3-1-2-4-8(7)16-6-20-10(18)14-12/h7-8,15-16H,1-6H2/t7-,8?/m1/s1. The van der Waals surface area contributed by atoms with E-state index in [0.29, 0.717) is 0 Å². The topological polar surface area (TPSA) is 76.7 Å². The predicted octanol–water partition coefficient (Wildman–Crippen LogP) is -0.760. The van der Waals surface area contributed by atoms with Crippen molar-refractivity contribution in [2.45, 2.75) is 37.8 Å². The highest BCUT2D eigenvalue weighted by atomic mass is 16.5. The van der Waals surface area contributed by atoms with Gasteiger partial charge in [-0.25, -0.2) is 0 Å². The van der Waals surface area contributed by atoms with Crippen LogP contribution in [0.15, 0.2) is 0 Å². The summed E-state index contributed by atoms with van der Waals surface area (Å²) in [6, 6.07) is 0.296. The lowest BCUT2D eigenvalue weighted by Crippen LogP contribution is -2.51. The third kappa shape index (κ3) is 6.52. The Morgan fingerprint density at radius 2 is 1.35 bits per heavy atom. The van der Waals surface area contributed by atoms with E-state index in [1.165, 1.54) is 0 Å². The molecule has 1 rings (SSSR count). The van der Waals surface area contributed by atoms with Crippen molar-refractivity contribution < 1.29 is 19.1 Å². The number of hydrogen-bond donors (Lipinski definition) is 2. The second-order valence-corrected chi connectivity index (χ2v) is 4.45. The molecule has 0 aromatic heterocycles. The molecule has 1 aliphatic carbocycles. The van der Waals surface area contributed by atoms with Crippen molar-refractivity contribution in [3.8, 4) is 0 Å². The Balaban J connectivity index is 2.26. The average molecular weight is 271 g/mol. The van der Waals surface area contributed by atoms with E-state index >= 15 is 0 Å². The molecule has 0 amide bonds. The van der Waals surface area contributed by atoms with Crippen molar-refractivity contribution in [1.82, 2.24) is 10.6 Å². The van der Waals surface area contributed by atoms with Gasteiger partial charge in [0.1, 0.15) is 13.5 Å². The highest BCUT2D eigenvalue weighted by Gasteiger charge is 2.24. The van der Waals surface area contributed by atoms with E-state index < -0.39 is 11.7 Å². The lowest BCUT2D eigenvalue weighted by Gasteiger charge is -2.32. The van der Waals surface area contributed by atoms with Crippen LogP contribution in [-0.4, -0.2) is 67.1 Å². The maximum absolute atomic E-state index is 10.9. The Morgan fingerprint density at radius 1 is 0.950 bits per heavy atom. The van der Waals surface area contributed by atoms with E-state index in [1.807, 2.05) is 0 Å². The molecule has 6 nitrogen and oxygen atoms in total. The van der Waals surface area contributed by atoms with E-state index in [1.54, 1.807) is 0 Å². The molecule has 0 aromatic carbocycles. The molecule has 1 saturated carbocycles. The quantitative estimate of drug-likeness (QED) is 0.446. The number of nitrogens with one attached hydrogen (secondary N) is 2. The van der Waals surface area contributed by atoms with Crippen molar-refractivity contribution in [2.24, 2.45) is 0 Å². The smallest absolute Gasteiger partial charge is 0.235 e. The van der Waals surface area contributed by atoms with Crippen LogP contribution in [0.4, 0.5) is 9.59 Å². The number of rotatable bonds is 8. The highest BCUT2D eigenvalue weighted by Crippen LogP contribution is 2.18. The first kappa shape index (κ1) is 17.2. The number of carbonyl (C=O) groups is 2. The molecule has 10 heteroatoms. The maximum Gasteiger partial charge on any atom is 0.235 e. The van der Waals surface area contributed by atoms with Gasteiger partial charge < -0.3 is 9.47 Å². The molecule has 6 radical (unpaired) electrons. The van der Waals surface area contributed by atoms with Gasteiger partial charge in [0.25, 0.3) is 0 Å². The zero-order valence-corrected chi connectivity index (χ0v) is 11.3. The van der Waals surface area contributed by atoms with Gasteiger partial charge in [0.2, 0.25) is 26.1 Å². The maximum atomic E-state index is 10.9. The summed E-state index contributed by atoms with van der Waals surface area (Å²) in [5.74, 6) is -1.13. The summed E-state index contributed by atoms with van der Waals surface area (Å²) >= 11 is 0. The van der Waals surface area contributed by atoms with Crippen molar-refractivity contribution in [1.29, 1.82) is 0 Å². The fraction of sp³-hybridized carbons (Fsp3) is 0.800. The first-order valence-corrected chi connectivity index (χ1v) is 6.57. The van der Waals surface area contributed by atoms with Crippen molar-refractivity contribution >= 4 is 41.6 Å². The van der Waals surface area contributed by atoms with Gasteiger partial charge in [0.05, 0.1) is 0 Å². The fourth-order valence-electron chi connectivity index (χ4n) is 2.16. The summed E-state index contributed by atoms with van der Waals surface area (Å²) in [5.41, 5.74) is 0. The van der Waals surface area contributed by atoms with E-state index in [-0.39, 0.29) is 25.5 Å². The molecular weight excluding hydrogens is 255 g/mol. The van der Waals surface area contributed by atoms with Crippen molar-refractivity contribution in [3.05, 3.63) is 0 Å². The first-order chi connectivity index (χ1) is 9.67. The zero-order chi connectivity index (χ0) is 14.8. The summed E-state index contributed by atoms with van der Waals surface area (Å²) in [5, 5.41) is 6.27. The van der Waals surface area contributed by atoms with E-state index in [9.17, 15) is 9.59 Å². The normalized spacial score (nSPS) is 21.8. The fourth-order valence-corrected chi connectivity index (χ4v) is 2.16. The molecule has 1 fully saturated rings. The van der Waals surface area contributed by atoms with Crippen LogP contribution in [-0.2, 0) is 9.47 Å². The van der Waals surface area contributed by atoms with Crippen LogP contribution in [0.3, 0.4) is 0 Å². The van der Waals surface area contributed by atoms with Gasteiger partial charge in [-0.3, -0.25) is 20.2 Å². The monoisotopic (exact) mass is 272 g/mol. The Labute approximate surface area is 123 Å². The molecule has 20 heavy (non-hydrogen) atoms. The lowest BCUT2D eigenvalue weighted by atomic mass is 9.56. The minimum absolute atomic E-state index is 0.103. The van der Waals surface area contributed by atoms with Gasteiger partial charge in [-0.2, -0.15) is 0 Å². The van der Waals surface area contributed by atoms with Gasteiger partial charge in [-0.05, 0) is 12.8 Å². The average Bonchev–Trinajstić information content (AvgIpc) is 2.48. The SMILES string of the molecule is [B][B]C(=O)OCNC1CCCC[C@H]1NCOC(=O)[B][B]. The zero-order valence-electron chi connectivity index (χ0n) is 11.3. The summed E-state index contributed by atoms with van der Waals surface area (Å²) in [4.78, 5) is 21.8. The molecule has 2 N–H and O–H groups in total. The van der Waals surface area contributed by atoms with Crippen LogP contribution in [0.2, 0.25) is 0 Å². The molecule has 0 aliphatic heterocycles. The molecule has 1 unspecified atom stereocenters. The van der Waals surface area contributed by atoms with Gasteiger partial charge >= 0.3 is 0 Å². The summed E-state index contributed by atoms with van der Waals surface area (Å²) in [6.45, 7) is 0.206. The predicted molar refractivity (Wildman–Crippen MR) is 78.0 cm³/mol. The molecule has 0 bridgehead atoms. The Morgan fingerprint density at radius 3 is 1.70 bits per heavy atom. The van der Waals surface area contributed by atoms with Gasteiger partial charge in [-0.1, -0.05) is 12.8 Å². The van der Waals surface area contributed by atoms with Gasteiger partial charge in [0.15, 0.2) is 0 Å². The molecule has 0 heterocycles. The van der Waals surface area contributed by atoms with Crippen LogP contribution >= 0.6 is 0 Å². The van der Waals surface area contributed by atoms with Gasteiger partial charge in [0, 0.05) is 27.6 Å². The molecule has 0 saturated heterocycles. The Hall–Kier alpha value is -0.880. The first-order valence-electron chi connectivity index (χ1n) is 6.57. The van der Waals surface area contributed by atoms with Crippen molar-refractivity contribution in [3.63, 3.8) is 0 Å². The highest BCUT2D eigenvalue weighted by molar-refractivity contribution is 7.07. The molecule has 1 aliphatic rings. The van der Waals surface area contributed by atoms with Crippen LogP contribution in [0.25, 0.3) is 0 Å².